The largest absolute Gasteiger partial charge is 0.459 e. The van der Waals surface area contributed by atoms with E-state index in [2.05, 4.69) is 25.0 Å². The highest BCUT2D eigenvalue weighted by Crippen LogP contribution is 2.54. The first-order valence-corrected chi connectivity index (χ1v) is 6.77. The minimum atomic E-state index is -3.47. The zero-order valence-corrected chi connectivity index (χ0v) is 11.9. The highest BCUT2D eigenvalue weighted by Gasteiger charge is 2.40. The zero-order chi connectivity index (χ0) is 12.3. The number of rotatable bonds is 4. The summed E-state index contributed by atoms with van der Waals surface area (Å²) in [7, 11) is -1.05. The number of ether oxygens (including phenoxy) is 1. The molecule has 0 amide bonds. The molecular weight excluding hydrogens is 287 g/mol. The van der Waals surface area contributed by atoms with Crippen molar-refractivity contribution < 1.29 is 23.1 Å². The highest BCUT2D eigenvalue weighted by molar-refractivity contribution is 9.11. The molecule has 0 aromatic carbocycles. The van der Waals surface area contributed by atoms with Gasteiger partial charge in [-0.3, -0.25) is 9.36 Å². The molecule has 0 rings (SSSR count). The third-order valence-electron chi connectivity index (χ3n) is 1.39. The van der Waals surface area contributed by atoms with E-state index in [1.807, 2.05) is 0 Å². The fourth-order valence-electron chi connectivity index (χ4n) is 0.739. The lowest BCUT2D eigenvalue weighted by molar-refractivity contribution is -0.152. The Balaban J connectivity index is 4.65. The number of halogens is 1. The van der Waals surface area contributed by atoms with Crippen molar-refractivity contribution in [3.05, 3.63) is 0 Å². The van der Waals surface area contributed by atoms with Crippen molar-refractivity contribution in [2.45, 2.75) is 30.9 Å². The topological polar surface area (TPSA) is 61.8 Å². The van der Waals surface area contributed by atoms with Gasteiger partial charge >= 0.3 is 13.6 Å². The summed E-state index contributed by atoms with van der Waals surface area (Å²) in [6.07, 6.45) is 0. The lowest BCUT2D eigenvalue weighted by Gasteiger charge is -2.24. The molecule has 0 aromatic rings. The molecule has 5 nitrogen and oxygen atoms in total. The molecule has 15 heavy (non-hydrogen) atoms. The van der Waals surface area contributed by atoms with Gasteiger partial charge in [0, 0.05) is 14.2 Å². The van der Waals surface area contributed by atoms with E-state index in [0.29, 0.717) is 0 Å². The van der Waals surface area contributed by atoms with Crippen molar-refractivity contribution in [2.24, 2.45) is 0 Å². The molecule has 1 atom stereocenters. The van der Waals surface area contributed by atoms with Crippen LogP contribution in [0.25, 0.3) is 0 Å². The second-order valence-corrected chi connectivity index (χ2v) is 7.72. The van der Waals surface area contributed by atoms with Crippen LogP contribution in [-0.2, 0) is 23.1 Å². The summed E-state index contributed by atoms with van der Waals surface area (Å²) in [5.74, 6) is -0.672. The third-order valence-corrected chi connectivity index (χ3v) is 5.05. The molecule has 0 fully saturated rings. The maximum atomic E-state index is 11.8. The quantitative estimate of drug-likeness (QED) is 0.454. The van der Waals surface area contributed by atoms with Crippen molar-refractivity contribution in [3.8, 4) is 0 Å². The summed E-state index contributed by atoms with van der Waals surface area (Å²) >= 11 is 2.95. The summed E-state index contributed by atoms with van der Waals surface area (Å²) in [6.45, 7) is 5.15. The summed E-state index contributed by atoms with van der Waals surface area (Å²) in [6, 6.07) is 0. The monoisotopic (exact) mass is 302 g/mol. The molecule has 0 aliphatic rings. The van der Waals surface area contributed by atoms with Crippen molar-refractivity contribution in [2.75, 3.05) is 14.2 Å². The maximum Gasteiger partial charge on any atom is 0.355 e. The molecule has 0 bridgehead atoms. The highest BCUT2D eigenvalue weighted by atomic mass is 79.9. The smallest absolute Gasteiger partial charge is 0.355 e. The first-order chi connectivity index (χ1) is 6.66. The van der Waals surface area contributed by atoms with Crippen molar-refractivity contribution >= 4 is 29.5 Å². The van der Waals surface area contributed by atoms with Crippen LogP contribution in [0.5, 0.6) is 0 Å². The van der Waals surface area contributed by atoms with Crippen LogP contribution >= 0.6 is 23.5 Å². The van der Waals surface area contributed by atoms with E-state index in [1.165, 1.54) is 14.2 Å². The van der Waals surface area contributed by atoms with Gasteiger partial charge in [0.15, 0.2) is 0 Å². The number of alkyl halides is 1. The van der Waals surface area contributed by atoms with Gasteiger partial charge < -0.3 is 13.8 Å². The molecule has 0 radical (unpaired) electrons. The molecule has 0 N–H and O–H groups in total. The molecule has 0 unspecified atom stereocenters. The normalized spacial score (nSPS) is 14.8. The first kappa shape index (κ1) is 15.1. The Morgan fingerprint density at radius 1 is 1.27 bits per heavy atom. The predicted octanol–water partition coefficient (Wildman–Crippen LogP) is 2.54. The Morgan fingerprint density at radius 2 is 1.67 bits per heavy atom. The van der Waals surface area contributed by atoms with Crippen molar-refractivity contribution in [1.29, 1.82) is 0 Å². The average Bonchev–Trinajstić information content (AvgIpc) is 2.12. The molecule has 0 aliphatic carbocycles. The van der Waals surface area contributed by atoms with Crippen LogP contribution in [0.4, 0.5) is 0 Å². The molecule has 90 valence electrons. The Kier molecular flexibility index (Phi) is 5.47. The van der Waals surface area contributed by atoms with Gasteiger partial charge in [0.1, 0.15) is 5.60 Å². The minimum Gasteiger partial charge on any atom is -0.459 e. The Morgan fingerprint density at radius 3 is 1.93 bits per heavy atom. The summed E-state index contributed by atoms with van der Waals surface area (Å²) in [5, 5.41) is 0. The Hall–Kier alpha value is 0.100. The first-order valence-electron chi connectivity index (χ1n) is 4.24. The van der Waals surface area contributed by atoms with Gasteiger partial charge in [0.2, 0.25) is 4.57 Å². The summed E-state index contributed by atoms with van der Waals surface area (Å²) in [5.41, 5.74) is -0.643. The number of carbonyl (C=O) groups excluding carboxylic acids is 1. The van der Waals surface area contributed by atoms with E-state index in [4.69, 9.17) is 4.74 Å². The lowest BCUT2D eigenvalue weighted by atomic mass is 10.2. The van der Waals surface area contributed by atoms with Crippen molar-refractivity contribution in [1.82, 2.24) is 0 Å². The lowest BCUT2D eigenvalue weighted by Crippen LogP contribution is -2.29. The van der Waals surface area contributed by atoms with Gasteiger partial charge in [-0.15, -0.1) is 0 Å². The Labute approximate surface area is 98.1 Å². The summed E-state index contributed by atoms with van der Waals surface area (Å²) < 4.78 is 25.0. The van der Waals surface area contributed by atoms with Crippen LogP contribution in [0.1, 0.15) is 20.8 Å². The molecular formula is C8H16BrO5P. The van der Waals surface area contributed by atoms with Gasteiger partial charge in [-0.1, -0.05) is 15.9 Å². The second kappa shape index (κ2) is 5.43. The van der Waals surface area contributed by atoms with Gasteiger partial charge in [-0.2, -0.15) is 0 Å². The van der Waals surface area contributed by atoms with Crippen LogP contribution in [0.3, 0.4) is 0 Å². The molecule has 7 heteroatoms. The van der Waals surface area contributed by atoms with Crippen LogP contribution in [-0.4, -0.2) is 30.4 Å². The van der Waals surface area contributed by atoms with E-state index < -0.39 is 23.7 Å². The van der Waals surface area contributed by atoms with Crippen molar-refractivity contribution in [3.63, 3.8) is 0 Å². The minimum absolute atomic E-state index is 0.643. The summed E-state index contributed by atoms with van der Waals surface area (Å²) in [4.78, 5) is 11.5. The van der Waals surface area contributed by atoms with Gasteiger partial charge in [-0.25, -0.2) is 0 Å². The van der Waals surface area contributed by atoms with Gasteiger partial charge in [0.05, 0.1) is 0 Å². The Bertz CT molecular complexity index is 265. The molecule has 0 heterocycles. The van der Waals surface area contributed by atoms with Gasteiger partial charge in [0.25, 0.3) is 0 Å². The molecule has 0 spiro atoms. The SMILES string of the molecule is COP(=O)(OC)[C@@H](Br)C(=O)OC(C)(C)C. The number of hydrogen-bond acceptors (Lipinski definition) is 5. The second-order valence-electron chi connectivity index (χ2n) is 3.77. The molecule has 0 saturated heterocycles. The van der Waals surface area contributed by atoms with Crippen LogP contribution in [0.2, 0.25) is 0 Å². The number of carbonyl (C=O) groups is 1. The van der Waals surface area contributed by atoms with E-state index in [1.54, 1.807) is 20.8 Å². The molecule has 0 saturated carbocycles. The van der Waals surface area contributed by atoms with Crippen LogP contribution in [0.15, 0.2) is 0 Å². The molecule has 0 aliphatic heterocycles. The number of hydrogen-bond donors (Lipinski definition) is 0. The maximum absolute atomic E-state index is 11.8. The fraction of sp³-hybridized carbons (Fsp3) is 0.875. The zero-order valence-electron chi connectivity index (χ0n) is 9.44. The average molecular weight is 303 g/mol. The van der Waals surface area contributed by atoms with E-state index in [-0.39, 0.29) is 0 Å². The third kappa shape index (κ3) is 4.64. The molecule has 0 aromatic heterocycles. The van der Waals surface area contributed by atoms with E-state index >= 15 is 0 Å². The standard InChI is InChI=1S/C8H16BrO5P/c1-8(2,3)14-7(10)6(9)15(11,12-4)13-5/h6H,1-5H3/t6-/m1/s1. The van der Waals surface area contributed by atoms with E-state index in [0.717, 1.165) is 0 Å². The number of esters is 1. The van der Waals surface area contributed by atoms with Crippen LogP contribution < -0.4 is 0 Å². The predicted molar refractivity (Wildman–Crippen MR) is 60.2 cm³/mol. The van der Waals surface area contributed by atoms with Gasteiger partial charge in [-0.05, 0) is 20.8 Å². The van der Waals surface area contributed by atoms with Crippen LogP contribution in [0, 0.1) is 0 Å². The fourth-order valence-corrected chi connectivity index (χ4v) is 2.67. The van der Waals surface area contributed by atoms with E-state index in [9.17, 15) is 9.36 Å².